The maximum Gasteiger partial charge on any atom is 0.225 e. The average Bonchev–Trinajstić information content (AvgIpc) is 2.50. The summed E-state index contributed by atoms with van der Waals surface area (Å²) in [6.07, 6.45) is -0.108. The standard InChI is InChI=1S/C15H21ClN2O4S/c1-11-9-12(2)15(13(16)10-11)17-14(19)3-8-23(20,21)18-4-6-22-7-5-18/h9-10H,3-8H2,1-2H3,(H,17,19). The van der Waals surface area contributed by atoms with E-state index in [2.05, 4.69) is 5.32 Å². The molecule has 8 heteroatoms. The molecular formula is C15H21ClN2O4S. The molecule has 0 saturated carbocycles. The minimum atomic E-state index is -3.44. The summed E-state index contributed by atoms with van der Waals surface area (Å²) in [5, 5.41) is 3.15. The molecule has 6 nitrogen and oxygen atoms in total. The normalized spacial score (nSPS) is 16.3. The van der Waals surface area contributed by atoms with E-state index in [0.717, 1.165) is 11.1 Å². The molecular weight excluding hydrogens is 340 g/mol. The zero-order valence-electron chi connectivity index (χ0n) is 13.3. The van der Waals surface area contributed by atoms with Crippen molar-refractivity contribution in [3.63, 3.8) is 0 Å². The number of hydrogen-bond acceptors (Lipinski definition) is 4. The minimum absolute atomic E-state index is 0.108. The van der Waals surface area contributed by atoms with Crippen molar-refractivity contribution in [2.75, 3.05) is 37.4 Å². The first kappa shape index (κ1) is 18.2. The van der Waals surface area contributed by atoms with Crippen molar-refractivity contribution in [1.29, 1.82) is 0 Å². The number of benzene rings is 1. The summed E-state index contributed by atoms with van der Waals surface area (Å²) in [5.41, 5.74) is 2.38. The highest BCUT2D eigenvalue weighted by molar-refractivity contribution is 7.89. The molecule has 1 N–H and O–H groups in total. The molecule has 1 fully saturated rings. The van der Waals surface area contributed by atoms with Gasteiger partial charge in [0.2, 0.25) is 15.9 Å². The summed E-state index contributed by atoms with van der Waals surface area (Å²) in [7, 11) is -3.44. The summed E-state index contributed by atoms with van der Waals surface area (Å²) < 4.78 is 30.9. The smallest absolute Gasteiger partial charge is 0.225 e. The zero-order valence-corrected chi connectivity index (χ0v) is 14.8. The third-order valence-corrected chi connectivity index (χ3v) is 5.82. The van der Waals surface area contributed by atoms with E-state index in [0.29, 0.717) is 37.0 Å². The molecule has 23 heavy (non-hydrogen) atoms. The first-order chi connectivity index (χ1) is 10.8. The molecule has 0 spiro atoms. The summed E-state index contributed by atoms with van der Waals surface area (Å²) in [6.45, 7) is 5.23. The van der Waals surface area contributed by atoms with Crippen LogP contribution in [0.4, 0.5) is 5.69 Å². The molecule has 128 valence electrons. The summed E-state index contributed by atoms with van der Waals surface area (Å²) in [6, 6.07) is 3.67. The predicted molar refractivity (Wildman–Crippen MR) is 90.4 cm³/mol. The van der Waals surface area contributed by atoms with E-state index < -0.39 is 10.0 Å². The highest BCUT2D eigenvalue weighted by Crippen LogP contribution is 2.27. The lowest BCUT2D eigenvalue weighted by atomic mass is 10.1. The van der Waals surface area contributed by atoms with Gasteiger partial charge in [-0.05, 0) is 31.0 Å². The Hall–Kier alpha value is -1.15. The number of ether oxygens (including phenoxy) is 1. The second-order valence-electron chi connectivity index (χ2n) is 5.56. The van der Waals surface area contributed by atoms with Crippen LogP contribution in [0.25, 0.3) is 0 Å². The van der Waals surface area contributed by atoms with Crippen LogP contribution >= 0.6 is 11.6 Å². The number of morpholine rings is 1. The predicted octanol–water partition coefficient (Wildman–Crippen LogP) is 1.95. The number of carbonyl (C=O) groups is 1. The Labute approximate surface area is 141 Å². The largest absolute Gasteiger partial charge is 0.379 e. The Morgan fingerprint density at radius 3 is 2.57 bits per heavy atom. The number of halogens is 1. The number of carbonyl (C=O) groups excluding carboxylic acids is 1. The Bertz CT molecular complexity index is 662. The number of amides is 1. The molecule has 1 heterocycles. The minimum Gasteiger partial charge on any atom is -0.379 e. The van der Waals surface area contributed by atoms with Crippen LogP contribution in [0.1, 0.15) is 17.5 Å². The summed E-state index contributed by atoms with van der Waals surface area (Å²) in [4.78, 5) is 12.1. The molecule has 1 aliphatic rings. The maximum absolute atomic E-state index is 12.2. The molecule has 2 rings (SSSR count). The second-order valence-corrected chi connectivity index (χ2v) is 8.06. The molecule has 1 aromatic rings. The Morgan fingerprint density at radius 2 is 1.96 bits per heavy atom. The number of anilines is 1. The molecule has 0 bridgehead atoms. The maximum atomic E-state index is 12.2. The monoisotopic (exact) mass is 360 g/mol. The summed E-state index contributed by atoms with van der Waals surface area (Å²) in [5.74, 6) is -0.586. The highest BCUT2D eigenvalue weighted by atomic mass is 35.5. The van der Waals surface area contributed by atoms with Crippen LogP contribution in [-0.2, 0) is 19.6 Å². The van der Waals surface area contributed by atoms with E-state index in [9.17, 15) is 13.2 Å². The van der Waals surface area contributed by atoms with Crippen molar-refractivity contribution in [1.82, 2.24) is 4.31 Å². The molecule has 0 atom stereocenters. The molecule has 1 amide bonds. The molecule has 0 unspecified atom stereocenters. The molecule has 0 aliphatic carbocycles. The fourth-order valence-electron chi connectivity index (χ4n) is 2.45. The van der Waals surface area contributed by atoms with Gasteiger partial charge in [0, 0.05) is 19.5 Å². The number of hydrogen-bond donors (Lipinski definition) is 1. The highest BCUT2D eigenvalue weighted by Gasteiger charge is 2.25. The van der Waals surface area contributed by atoms with Gasteiger partial charge in [-0.2, -0.15) is 4.31 Å². The van der Waals surface area contributed by atoms with Crippen molar-refractivity contribution < 1.29 is 17.9 Å². The van der Waals surface area contributed by atoms with Gasteiger partial charge in [-0.15, -0.1) is 0 Å². The average molecular weight is 361 g/mol. The van der Waals surface area contributed by atoms with Crippen LogP contribution < -0.4 is 5.32 Å². The lowest BCUT2D eigenvalue weighted by Gasteiger charge is -2.25. The fourth-order valence-corrected chi connectivity index (χ4v) is 4.23. The van der Waals surface area contributed by atoms with Crippen LogP contribution in [-0.4, -0.2) is 50.7 Å². The lowest BCUT2D eigenvalue weighted by Crippen LogP contribution is -2.42. The van der Waals surface area contributed by atoms with Gasteiger partial charge >= 0.3 is 0 Å². The van der Waals surface area contributed by atoms with Gasteiger partial charge < -0.3 is 10.1 Å². The Balaban J connectivity index is 1.95. The quantitative estimate of drug-likeness (QED) is 0.870. The SMILES string of the molecule is Cc1cc(C)c(NC(=O)CCS(=O)(=O)N2CCOCC2)c(Cl)c1. The number of sulfonamides is 1. The van der Waals surface area contributed by atoms with E-state index in [4.69, 9.17) is 16.3 Å². The summed E-state index contributed by atoms with van der Waals surface area (Å²) >= 11 is 6.14. The van der Waals surface area contributed by atoms with Crippen LogP contribution in [0, 0.1) is 13.8 Å². The van der Waals surface area contributed by atoms with E-state index in [1.165, 1.54) is 4.31 Å². The third kappa shape index (κ3) is 4.91. The fraction of sp³-hybridized carbons (Fsp3) is 0.533. The van der Waals surface area contributed by atoms with Gasteiger partial charge in [0.1, 0.15) is 0 Å². The van der Waals surface area contributed by atoms with Crippen LogP contribution in [0.3, 0.4) is 0 Å². The van der Waals surface area contributed by atoms with Gasteiger partial charge in [-0.25, -0.2) is 8.42 Å². The van der Waals surface area contributed by atoms with Crippen molar-refractivity contribution in [2.45, 2.75) is 20.3 Å². The third-order valence-electron chi connectivity index (χ3n) is 3.65. The molecule has 0 radical (unpaired) electrons. The van der Waals surface area contributed by atoms with E-state index in [1.807, 2.05) is 19.9 Å². The molecule has 1 saturated heterocycles. The lowest BCUT2D eigenvalue weighted by molar-refractivity contribution is -0.115. The van der Waals surface area contributed by atoms with Crippen LogP contribution in [0.15, 0.2) is 12.1 Å². The van der Waals surface area contributed by atoms with Crippen molar-refractivity contribution in [3.05, 3.63) is 28.3 Å². The van der Waals surface area contributed by atoms with Gasteiger partial charge in [0.05, 0.1) is 29.7 Å². The van der Waals surface area contributed by atoms with Crippen molar-refractivity contribution in [2.24, 2.45) is 0 Å². The van der Waals surface area contributed by atoms with Crippen molar-refractivity contribution in [3.8, 4) is 0 Å². The molecule has 1 aromatic carbocycles. The number of rotatable bonds is 5. The zero-order chi connectivity index (χ0) is 17.0. The number of nitrogens with one attached hydrogen (secondary N) is 1. The molecule has 0 aromatic heterocycles. The number of aryl methyl sites for hydroxylation is 2. The molecule has 1 aliphatic heterocycles. The second kappa shape index (κ2) is 7.61. The first-order valence-corrected chi connectivity index (χ1v) is 9.40. The van der Waals surface area contributed by atoms with Crippen LogP contribution in [0.2, 0.25) is 5.02 Å². The Kier molecular flexibility index (Phi) is 6.02. The first-order valence-electron chi connectivity index (χ1n) is 7.42. The Morgan fingerprint density at radius 1 is 1.30 bits per heavy atom. The van der Waals surface area contributed by atoms with Gasteiger partial charge in [0.15, 0.2) is 0 Å². The topological polar surface area (TPSA) is 75.7 Å². The van der Waals surface area contributed by atoms with E-state index in [1.54, 1.807) is 6.07 Å². The van der Waals surface area contributed by atoms with Crippen LogP contribution in [0.5, 0.6) is 0 Å². The van der Waals surface area contributed by atoms with E-state index >= 15 is 0 Å². The van der Waals surface area contributed by atoms with Gasteiger partial charge in [-0.3, -0.25) is 4.79 Å². The van der Waals surface area contributed by atoms with Gasteiger partial charge in [-0.1, -0.05) is 17.7 Å². The van der Waals surface area contributed by atoms with E-state index in [-0.39, 0.29) is 18.1 Å². The van der Waals surface area contributed by atoms with Gasteiger partial charge in [0.25, 0.3) is 0 Å². The van der Waals surface area contributed by atoms with Crippen molar-refractivity contribution >= 4 is 33.2 Å². The number of nitrogens with zero attached hydrogens (tertiary/aromatic N) is 1.